The molecule has 1 fully saturated rings. The van der Waals surface area contributed by atoms with Crippen molar-refractivity contribution in [2.75, 3.05) is 65.7 Å². The molecule has 1 aliphatic rings. The maximum atomic E-state index is 5.80. The van der Waals surface area contributed by atoms with E-state index in [9.17, 15) is 0 Å². The minimum atomic E-state index is 0.683. The van der Waals surface area contributed by atoms with Gasteiger partial charge in [-0.2, -0.15) is 0 Å². The van der Waals surface area contributed by atoms with E-state index >= 15 is 0 Å². The molecule has 1 heterocycles. The van der Waals surface area contributed by atoms with Gasteiger partial charge in [0, 0.05) is 46.1 Å². The first-order chi connectivity index (χ1) is 12.8. The van der Waals surface area contributed by atoms with Crippen LogP contribution in [0.1, 0.15) is 52.9 Å². The molecule has 6 nitrogen and oxygen atoms in total. The molecular formula is C20H42N4O2. The Morgan fingerprint density at radius 3 is 2.54 bits per heavy atom. The fourth-order valence-electron chi connectivity index (χ4n) is 3.07. The zero-order valence-electron chi connectivity index (χ0n) is 17.4. The van der Waals surface area contributed by atoms with Gasteiger partial charge in [-0.05, 0) is 64.6 Å². The summed E-state index contributed by atoms with van der Waals surface area (Å²) >= 11 is 0. The van der Waals surface area contributed by atoms with E-state index in [1.165, 1.54) is 19.4 Å². The second-order valence-electron chi connectivity index (χ2n) is 6.91. The van der Waals surface area contributed by atoms with Gasteiger partial charge in [0.25, 0.3) is 0 Å². The Kier molecular flexibility index (Phi) is 14.6. The van der Waals surface area contributed by atoms with Crippen LogP contribution in [0.25, 0.3) is 0 Å². The lowest BCUT2D eigenvalue weighted by Gasteiger charge is -2.21. The smallest absolute Gasteiger partial charge is 0.191 e. The van der Waals surface area contributed by atoms with Crippen molar-refractivity contribution in [2.45, 2.75) is 52.9 Å². The molecule has 26 heavy (non-hydrogen) atoms. The Morgan fingerprint density at radius 2 is 1.85 bits per heavy atom. The molecule has 1 saturated heterocycles. The lowest BCUT2D eigenvalue weighted by molar-refractivity contribution is 0.0205. The molecule has 0 unspecified atom stereocenters. The molecule has 0 radical (unpaired) electrons. The van der Waals surface area contributed by atoms with Crippen LogP contribution in [-0.2, 0) is 9.47 Å². The molecule has 0 aliphatic carbocycles. The summed E-state index contributed by atoms with van der Waals surface area (Å²) in [7, 11) is 0. The van der Waals surface area contributed by atoms with Crippen LogP contribution in [0.3, 0.4) is 0 Å². The minimum absolute atomic E-state index is 0.683. The molecule has 0 aromatic rings. The molecule has 0 aromatic carbocycles. The molecule has 0 amide bonds. The van der Waals surface area contributed by atoms with Crippen molar-refractivity contribution in [3.63, 3.8) is 0 Å². The average molecular weight is 371 g/mol. The Bertz CT molecular complexity index is 343. The third-order valence-corrected chi connectivity index (χ3v) is 4.84. The van der Waals surface area contributed by atoms with Gasteiger partial charge in [-0.3, -0.25) is 4.99 Å². The van der Waals surface area contributed by atoms with Crippen molar-refractivity contribution in [1.82, 2.24) is 15.5 Å². The van der Waals surface area contributed by atoms with Gasteiger partial charge in [-0.1, -0.05) is 13.8 Å². The second-order valence-corrected chi connectivity index (χ2v) is 6.91. The second kappa shape index (κ2) is 16.3. The van der Waals surface area contributed by atoms with Gasteiger partial charge in [-0.25, -0.2) is 0 Å². The number of hydrogen-bond acceptors (Lipinski definition) is 4. The zero-order chi connectivity index (χ0) is 18.9. The largest absolute Gasteiger partial charge is 0.381 e. The molecule has 0 bridgehead atoms. The van der Waals surface area contributed by atoms with Crippen molar-refractivity contribution >= 4 is 5.96 Å². The van der Waals surface area contributed by atoms with Gasteiger partial charge in [0.2, 0.25) is 0 Å². The van der Waals surface area contributed by atoms with Crippen molar-refractivity contribution < 1.29 is 9.47 Å². The average Bonchev–Trinajstić information content (AvgIpc) is 2.68. The highest BCUT2D eigenvalue weighted by Crippen LogP contribution is 2.14. The lowest BCUT2D eigenvalue weighted by Crippen LogP contribution is -2.38. The number of nitrogens with zero attached hydrogens (tertiary/aromatic N) is 2. The number of nitrogens with one attached hydrogen (secondary N) is 2. The number of hydrogen-bond donors (Lipinski definition) is 2. The fraction of sp³-hybridized carbons (Fsp3) is 0.950. The number of ether oxygens (including phenoxy) is 2. The van der Waals surface area contributed by atoms with E-state index in [0.29, 0.717) is 5.92 Å². The molecule has 6 heteroatoms. The van der Waals surface area contributed by atoms with Crippen molar-refractivity contribution in [1.29, 1.82) is 0 Å². The third-order valence-electron chi connectivity index (χ3n) is 4.84. The van der Waals surface area contributed by atoms with Gasteiger partial charge in [0.15, 0.2) is 5.96 Å². The highest BCUT2D eigenvalue weighted by atomic mass is 16.5. The third kappa shape index (κ3) is 11.7. The van der Waals surface area contributed by atoms with E-state index in [-0.39, 0.29) is 0 Å². The van der Waals surface area contributed by atoms with Gasteiger partial charge in [0.1, 0.15) is 0 Å². The lowest BCUT2D eigenvalue weighted by atomic mass is 10.0. The summed E-state index contributed by atoms with van der Waals surface area (Å²) in [5.74, 6) is 1.61. The molecule has 2 N–H and O–H groups in total. The molecule has 154 valence electrons. The summed E-state index contributed by atoms with van der Waals surface area (Å²) in [6.07, 6.45) is 5.66. The van der Waals surface area contributed by atoms with Gasteiger partial charge < -0.3 is 25.0 Å². The summed E-state index contributed by atoms with van der Waals surface area (Å²) in [6.45, 7) is 16.2. The first-order valence-electron chi connectivity index (χ1n) is 10.7. The highest BCUT2D eigenvalue weighted by molar-refractivity contribution is 5.79. The summed E-state index contributed by atoms with van der Waals surface area (Å²) in [5.41, 5.74) is 0. The molecule has 0 aromatic heterocycles. The first kappa shape index (κ1) is 23.2. The monoisotopic (exact) mass is 370 g/mol. The summed E-state index contributed by atoms with van der Waals surface area (Å²) < 4.78 is 11.2. The van der Waals surface area contributed by atoms with Crippen molar-refractivity contribution in [3.8, 4) is 0 Å². The quantitative estimate of drug-likeness (QED) is 0.279. The van der Waals surface area contributed by atoms with Crippen LogP contribution >= 0.6 is 0 Å². The number of guanidine groups is 1. The van der Waals surface area contributed by atoms with Crippen LogP contribution in [0.4, 0.5) is 0 Å². The van der Waals surface area contributed by atoms with Gasteiger partial charge in [-0.15, -0.1) is 0 Å². The van der Waals surface area contributed by atoms with Crippen LogP contribution in [0.15, 0.2) is 4.99 Å². The Morgan fingerprint density at radius 1 is 1.08 bits per heavy atom. The Hall–Kier alpha value is -0.850. The number of unbranched alkanes of at least 4 members (excludes halogenated alkanes) is 1. The maximum absolute atomic E-state index is 5.80. The molecular weight excluding hydrogens is 328 g/mol. The van der Waals surface area contributed by atoms with Crippen LogP contribution in [0.5, 0.6) is 0 Å². The van der Waals surface area contributed by atoms with E-state index < -0.39 is 0 Å². The summed E-state index contributed by atoms with van der Waals surface area (Å²) in [4.78, 5) is 7.12. The molecule has 0 atom stereocenters. The predicted molar refractivity (Wildman–Crippen MR) is 110 cm³/mol. The number of aliphatic imine (C=N–C) groups is 1. The number of rotatable bonds is 14. The molecule has 0 spiro atoms. The topological polar surface area (TPSA) is 58.1 Å². The van der Waals surface area contributed by atoms with Gasteiger partial charge in [0.05, 0.1) is 0 Å². The Labute approximate surface area is 161 Å². The van der Waals surface area contributed by atoms with Crippen molar-refractivity contribution in [2.24, 2.45) is 10.9 Å². The van der Waals surface area contributed by atoms with Crippen LogP contribution in [-0.4, -0.2) is 76.6 Å². The Balaban J connectivity index is 2.06. The van der Waals surface area contributed by atoms with Crippen LogP contribution in [0.2, 0.25) is 0 Å². The maximum Gasteiger partial charge on any atom is 0.191 e. The molecule has 0 saturated carbocycles. The minimum Gasteiger partial charge on any atom is -0.381 e. The summed E-state index contributed by atoms with van der Waals surface area (Å²) in [5, 5.41) is 6.76. The van der Waals surface area contributed by atoms with Crippen LogP contribution < -0.4 is 10.6 Å². The van der Waals surface area contributed by atoms with E-state index in [2.05, 4.69) is 41.3 Å². The highest BCUT2D eigenvalue weighted by Gasteiger charge is 2.13. The molecule has 1 aliphatic heterocycles. The van der Waals surface area contributed by atoms with E-state index in [1.807, 2.05) is 0 Å². The standard InChI is InChI=1S/C20H42N4O2/c1-4-21-20(22-12-7-8-14-24(5-2)6-3)23-13-9-15-26-18-19-10-16-25-17-11-19/h19H,4-18H2,1-3H3,(H2,21,22,23). The molecule has 1 rings (SSSR count). The predicted octanol–water partition coefficient (Wildman–Crippen LogP) is 2.50. The van der Waals surface area contributed by atoms with Crippen molar-refractivity contribution in [3.05, 3.63) is 0 Å². The first-order valence-corrected chi connectivity index (χ1v) is 10.7. The zero-order valence-corrected chi connectivity index (χ0v) is 17.4. The fourth-order valence-corrected chi connectivity index (χ4v) is 3.07. The van der Waals surface area contributed by atoms with E-state index in [4.69, 9.17) is 9.47 Å². The van der Waals surface area contributed by atoms with Crippen LogP contribution in [0, 0.1) is 5.92 Å². The van der Waals surface area contributed by atoms with E-state index in [0.717, 1.165) is 84.4 Å². The van der Waals surface area contributed by atoms with E-state index in [1.54, 1.807) is 0 Å². The SMILES string of the molecule is CCNC(=NCCCOCC1CCOCC1)NCCCCN(CC)CC. The van der Waals surface area contributed by atoms with Gasteiger partial charge >= 0.3 is 0 Å². The summed E-state index contributed by atoms with van der Waals surface area (Å²) in [6, 6.07) is 0. The normalized spacial score (nSPS) is 16.2.